The topological polar surface area (TPSA) is 76.4 Å². The Balaban J connectivity index is 1.97. The van der Waals surface area contributed by atoms with Gasteiger partial charge in [0.15, 0.2) is 15.6 Å². The van der Waals surface area contributed by atoms with Gasteiger partial charge in [-0.2, -0.15) is 0 Å². The van der Waals surface area contributed by atoms with Gasteiger partial charge in [-0.15, -0.1) is 0 Å². The SMILES string of the molecule is CCCCNC(=O)c1ccc(CS(=O)(=O)Cc2ccc(Cl)cc2)o1. The number of furan rings is 1. The summed E-state index contributed by atoms with van der Waals surface area (Å²) in [5.41, 5.74) is 0.656. The summed E-state index contributed by atoms with van der Waals surface area (Å²) < 4.78 is 29.9. The third-order valence-electron chi connectivity index (χ3n) is 3.36. The Morgan fingerprint density at radius 2 is 1.83 bits per heavy atom. The van der Waals surface area contributed by atoms with Crippen LogP contribution in [0, 0.1) is 0 Å². The van der Waals surface area contributed by atoms with E-state index in [1.165, 1.54) is 12.1 Å². The summed E-state index contributed by atoms with van der Waals surface area (Å²) in [6.07, 6.45) is 1.86. The van der Waals surface area contributed by atoms with Crippen LogP contribution in [0.1, 0.15) is 41.6 Å². The van der Waals surface area contributed by atoms with E-state index >= 15 is 0 Å². The number of carbonyl (C=O) groups excluding carboxylic acids is 1. The molecule has 1 aromatic carbocycles. The summed E-state index contributed by atoms with van der Waals surface area (Å²) in [6, 6.07) is 9.67. The van der Waals surface area contributed by atoms with Crippen LogP contribution in [0.25, 0.3) is 0 Å². The molecule has 130 valence electrons. The van der Waals surface area contributed by atoms with E-state index in [2.05, 4.69) is 5.32 Å². The third kappa shape index (κ3) is 5.69. The van der Waals surface area contributed by atoms with Crippen LogP contribution in [0.2, 0.25) is 5.02 Å². The number of amides is 1. The molecule has 2 rings (SSSR count). The van der Waals surface area contributed by atoms with Crippen molar-refractivity contribution in [3.8, 4) is 0 Å². The number of benzene rings is 1. The van der Waals surface area contributed by atoms with E-state index in [4.69, 9.17) is 16.0 Å². The summed E-state index contributed by atoms with van der Waals surface area (Å²) in [4.78, 5) is 11.9. The molecule has 0 aliphatic heterocycles. The molecule has 7 heteroatoms. The fourth-order valence-electron chi connectivity index (χ4n) is 2.15. The molecule has 0 fully saturated rings. The summed E-state index contributed by atoms with van der Waals surface area (Å²) in [5.74, 6) is -0.307. The van der Waals surface area contributed by atoms with E-state index in [0.717, 1.165) is 12.8 Å². The average molecular weight is 370 g/mol. The van der Waals surface area contributed by atoms with E-state index in [1.807, 2.05) is 6.92 Å². The van der Waals surface area contributed by atoms with Gasteiger partial charge in [0, 0.05) is 11.6 Å². The molecule has 0 atom stereocenters. The smallest absolute Gasteiger partial charge is 0.286 e. The maximum Gasteiger partial charge on any atom is 0.286 e. The normalized spacial score (nSPS) is 11.4. The zero-order valence-electron chi connectivity index (χ0n) is 13.4. The Morgan fingerprint density at radius 3 is 2.50 bits per heavy atom. The molecule has 0 saturated heterocycles. The molecule has 1 aromatic heterocycles. The molecule has 0 saturated carbocycles. The van der Waals surface area contributed by atoms with E-state index in [1.54, 1.807) is 24.3 Å². The molecular weight excluding hydrogens is 350 g/mol. The number of hydrogen-bond donors (Lipinski definition) is 1. The maximum absolute atomic E-state index is 12.3. The van der Waals surface area contributed by atoms with Gasteiger partial charge in [0.2, 0.25) is 0 Å². The average Bonchev–Trinajstić information content (AvgIpc) is 2.97. The van der Waals surface area contributed by atoms with Crippen molar-refractivity contribution in [3.63, 3.8) is 0 Å². The fraction of sp³-hybridized carbons (Fsp3) is 0.353. The first-order chi connectivity index (χ1) is 11.4. The van der Waals surface area contributed by atoms with Crippen LogP contribution in [-0.4, -0.2) is 20.9 Å². The van der Waals surface area contributed by atoms with Crippen LogP contribution in [0.3, 0.4) is 0 Å². The highest BCUT2D eigenvalue weighted by atomic mass is 35.5. The van der Waals surface area contributed by atoms with Gasteiger partial charge >= 0.3 is 0 Å². The first-order valence-electron chi connectivity index (χ1n) is 7.71. The lowest BCUT2D eigenvalue weighted by atomic mass is 10.2. The van der Waals surface area contributed by atoms with Crippen LogP contribution in [-0.2, 0) is 21.3 Å². The highest BCUT2D eigenvalue weighted by molar-refractivity contribution is 7.89. The van der Waals surface area contributed by atoms with E-state index < -0.39 is 9.84 Å². The minimum absolute atomic E-state index is 0.108. The van der Waals surface area contributed by atoms with Crippen molar-refractivity contribution in [1.82, 2.24) is 5.32 Å². The minimum atomic E-state index is -3.40. The van der Waals surface area contributed by atoms with E-state index in [-0.39, 0.29) is 28.9 Å². The van der Waals surface area contributed by atoms with Crippen molar-refractivity contribution in [2.45, 2.75) is 31.3 Å². The molecule has 0 bridgehead atoms. The van der Waals surface area contributed by atoms with Crippen LogP contribution in [0.5, 0.6) is 0 Å². The Hall–Kier alpha value is -1.79. The second-order valence-corrected chi connectivity index (χ2v) is 8.04. The Bertz CT molecular complexity index is 781. The maximum atomic E-state index is 12.3. The number of nitrogens with one attached hydrogen (secondary N) is 1. The molecule has 0 spiro atoms. The van der Waals surface area contributed by atoms with Crippen molar-refractivity contribution in [1.29, 1.82) is 0 Å². The lowest BCUT2D eigenvalue weighted by molar-refractivity contribution is 0.0924. The van der Waals surface area contributed by atoms with Gasteiger partial charge in [-0.3, -0.25) is 4.79 Å². The highest BCUT2D eigenvalue weighted by Gasteiger charge is 2.18. The quantitative estimate of drug-likeness (QED) is 0.721. The monoisotopic (exact) mass is 369 g/mol. The van der Waals surface area contributed by atoms with Gasteiger partial charge < -0.3 is 9.73 Å². The minimum Gasteiger partial charge on any atom is -0.455 e. The van der Waals surface area contributed by atoms with Gasteiger partial charge in [0.1, 0.15) is 11.5 Å². The van der Waals surface area contributed by atoms with Gasteiger partial charge in [-0.1, -0.05) is 37.1 Å². The second-order valence-electron chi connectivity index (χ2n) is 5.53. The number of hydrogen-bond acceptors (Lipinski definition) is 4. The molecule has 5 nitrogen and oxygen atoms in total. The number of halogens is 1. The molecule has 0 radical (unpaired) electrons. The van der Waals surface area contributed by atoms with Crippen molar-refractivity contribution < 1.29 is 17.6 Å². The summed E-state index contributed by atoms with van der Waals surface area (Å²) in [6.45, 7) is 2.60. The Labute approximate surface area is 146 Å². The fourth-order valence-corrected chi connectivity index (χ4v) is 3.66. The molecule has 0 aliphatic carbocycles. The summed E-state index contributed by atoms with van der Waals surface area (Å²) >= 11 is 5.79. The molecule has 1 heterocycles. The molecule has 0 unspecified atom stereocenters. The standard InChI is InChI=1S/C17H20ClNO4S/c1-2-3-10-19-17(20)16-9-8-15(23-16)12-24(21,22)11-13-4-6-14(18)7-5-13/h4-9H,2-3,10-12H2,1H3,(H,19,20). The van der Waals surface area contributed by atoms with E-state index in [9.17, 15) is 13.2 Å². The predicted molar refractivity (Wildman–Crippen MR) is 93.7 cm³/mol. The summed E-state index contributed by atoms with van der Waals surface area (Å²) in [5, 5.41) is 3.28. The molecule has 1 N–H and O–H groups in total. The highest BCUT2D eigenvalue weighted by Crippen LogP contribution is 2.17. The molecule has 24 heavy (non-hydrogen) atoms. The number of rotatable bonds is 8. The lowest BCUT2D eigenvalue weighted by Crippen LogP contribution is -2.23. The third-order valence-corrected chi connectivity index (χ3v) is 5.11. The number of sulfone groups is 1. The van der Waals surface area contributed by atoms with Crippen molar-refractivity contribution >= 4 is 27.3 Å². The first kappa shape index (κ1) is 18.5. The van der Waals surface area contributed by atoms with Gasteiger partial charge in [-0.05, 0) is 36.2 Å². The van der Waals surface area contributed by atoms with Crippen LogP contribution >= 0.6 is 11.6 Å². The largest absolute Gasteiger partial charge is 0.455 e. The summed E-state index contributed by atoms with van der Waals surface area (Å²) in [7, 11) is -3.40. The van der Waals surface area contributed by atoms with Gasteiger partial charge in [0.05, 0.1) is 5.75 Å². The van der Waals surface area contributed by atoms with Crippen molar-refractivity contribution in [3.05, 3.63) is 58.5 Å². The van der Waals surface area contributed by atoms with Crippen LogP contribution in [0.15, 0.2) is 40.8 Å². The lowest BCUT2D eigenvalue weighted by Gasteiger charge is -2.04. The van der Waals surface area contributed by atoms with Gasteiger partial charge in [0.25, 0.3) is 5.91 Å². The molecule has 2 aromatic rings. The predicted octanol–water partition coefficient (Wildman–Crippen LogP) is 3.58. The molecule has 0 aliphatic rings. The Morgan fingerprint density at radius 1 is 1.12 bits per heavy atom. The number of unbranched alkanes of at least 4 members (excludes halogenated alkanes) is 1. The van der Waals surface area contributed by atoms with Crippen molar-refractivity contribution in [2.24, 2.45) is 0 Å². The Kier molecular flexibility index (Phi) is 6.45. The molecular formula is C17H20ClNO4S. The zero-order chi connectivity index (χ0) is 17.6. The van der Waals surface area contributed by atoms with E-state index in [0.29, 0.717) is 17.1 Å². The second kappa shape index (κ2) is 8.35. The zero-order valence-corrected chi connectivity index (χ0v) is 15.0. The van der Waals surface area contributed by atoms with Crippen molar-refractivity contribution in [2.75, 3.05) is 6.54 Å². The van der Waals surface area contributed by atoms with Gasteiger partial charge in [-0.25, -0.2) is 8.42 Å². The number of carbonyl (C=O) groups is 1. The molecule has 1 amide bonds. The van der Waals surface area contributed by atoms with Crippen LogP contribution < -0.4 is 5.32 Å². The van der Waals surface area contributed by atoms with Crippen LogP contribution in [0.4, 0.5) is 0 Å². The first-order valence-corrected chi connectivity index (χ1v) is 9.91.